The van der Waals surface area contributed by atoms with E-state index in [1.54, 1.807) is 29.0 Å². The highest BCUT2D eigenvalue weighted by Crippen LogP contribution is 2.06. The molecule has 0 fully saturated rings. The van der Waals surface area contributed by atoms with Gasteiger partial charge in [0, 0.05) is 18.5 Å². The van der Waals surface area contributed by atoms with Gasteiger partial charge in [-0.05, 0) is 17.7 Å². The van der Waals surface area contributed by atoms with E-state index in [0.29, 0.717) is 17.5 Å². The Balaban J connectivity index is 2.61. The molecule has 0 radical (unpaired) electrons. The lowest BCUT2D eigenvalue weighted by Crippen LogP contribution is -2.28. The van der Waals surface area contributed by atoms with E-state index in [1.165, 1.54) is 0 Å². The molecule has 0 aliphatic carbocycles. The molecule has 0 heterocycles. The highest BCUT2D eigenvalue weighted by molar-refractivity contribution is 7.89. The second kappa shape index (κ2) is 7.19. The summed E-state index contributed by atoms with van der Waals surface area (Å²) in [4.78, 5) is 0. The fourth-order valence-electron chi connectivity index (χ4n) is 1.17. The molecule has 0 saturated heterocycles. The lowest BCUT2D eigenvalue weighted by Gasteiger charge is -2.05. The van der Waals surface area contributed by atoms with Crippen molar-refractivity contribution in [1.82, 2.24) is 4.72 Å². The van der Waals surface area contributed by atoms with Crippen LogP contribution in [0.1, 0.15) is 17.5 Å². The molecule has 1 aromatic rings. The van der Waals surface area contributed by atoms with Crippen LogP contribution in [-0.4, -0.2) is 25.9 Å². The highest BCUT2D eigenvalue weighted by atomic mass is 32.2. The molecule has 19 heavy (non-hydrogen) atoms. The van der Waals surface area contributed by atoms with Gasteiger partial charge in [0.05, 0.1) is 6.61 Å². The third kappa shape index (κ3) is 5.34. The third-order valence-corrected chi connectivity index (χ3v) is 3.15. The van der Waals surface area contributed by atoms with Gasteiger partial charge in [0.15, 0.2) is 0 Å². The zero-order chi connectivity index (χ0) is 14.3. The van der Waals surface area contributed by atoms with Crippen molar-refractivity contribution >= 4 is 10.0 Å². The minimum Gasteiger partial charge on any atom is -0.395 e. The van der Waals surface area contributed by atoms with E-state index in [4.69, 9.17) is 5.11 Å². The van der Waals surface area contributed by atoms with Gasteiger partial charge in [0.1, 0.15) is 0 Å². The maximum absolute atomic E-state index is 12.1. The minimum atomic E-state index is -4.56. The predicted molar refractivity (Wildman–Crippen MR) is 66.8 cm³/mol. The molecule has 4 nitrogen and oxygen atoms in total. The second-order valence-corrected chi connectivity index (χ2v) is 5.33. The Morgan fingerprint density at radius 2 is 1.89 bits per heavy atom. The van der Waals surface area contributed by atoms with Crippen LogP contribution in [0.5, 0.6) is 0 Å². The van der Waals surface area contributed by atoms with Crippen molar-refractivity contribution < 1.29 is 22.3 Å². The average molecular weight is 289 g/mol. The van der Waals surface area contributed by atoms with E-state index in [2.05, 4.69) is 11.8 Å². The molecule has 104 valence electrons. The van der Waals surface area contributed by atoms with Crippen LogP contribution >= 0.6 is 0 Å². The van der Waals surface area contributed by atoms with Crippen LogP contribution in [-0.2, 0) is 16.6 Å². The lowest BCUT2D eigenvalue weighted by atomic mass is 10.1. The molecule has 0 aliphatic heterocycles. The van der Waals surface area contributed by atoms with Crippen molar-refractivity contribution in [2.24, 2.45) is 0 Å². The molecule has 0 aliphatic rings. The van der Waals surface area contributed by atoms with Gasteiger partial charge < -0.3 is 5.11 Å². The van der Waals surface area contributed by atoms with Crippen molar-refractivity contribution in [3.63, 3.8) is 0 Å². The predicted octanol–water partition coefficient (Wildman–Crippen LogP) is 1.06. The summed E-state index contributed by atoms with van der Waals surface area (Å²) in [5.74, 6) is 2.09. The number of hydrogen-bond donors (Lipinski definition) is 2. The quantitative estimate of drug-likeness (QED) is 0.797. The average Bonchev–Trinajstić information content (AvgIpc) is 2.38. The van der Waals surface area contributed by atoms with Gasteiger partial charge in [-0.2, -0.15) is 8.78 Å². The van der Waals surface area contributed by atoms with Crippen molar-refractivity contribution in [2.75, 3.05) is 6.61 Å². The van der Waals surface area contributed by atoms with E-state index in [-0.39, 0.29) is 13.2 Å². The number of nitrogens with one attached hydrogen (secondary N) is 1. The van der Waals surface area contributed by atoms with Crippen LogP contribution in [0.3, 0.4) is 0 Å². The van der Waals surface area contributed by atoms with E-state index < -0.39 is 15.8 Å². The van der Waals surface area contributed by atoms with E-state index in [0.717, 1.165) is 0 Å². The van der Waals surface area contributed by atoms with E-state index in [9.17, 15) is 17.2 Å². The normalized spacial score (nSPS) is 11.2. The molecule has 7 heteroatoms. The molecule has 0 amide bonds. The summed E-state index contributed by atoms with van der Waals surface area (Å²) < 4.78 is 47.6. The van der Waals surface area contributed by atoms with E-state index in [1.807, 2.05) is 0 Å². The summed E-state index contributed by atoms with van der Waals surface area (Å²) in [7, 11) is -4.56. The summed E-state index contributed by atoms with van der Waals surface area (Å²) in [6.07, 6.45) is 0.371. The highest BCUT2D eigenvalue weighted by Gasteiger charge is 2.22. The number of aliphatic hydroxyl groups excluding tert-OH is 1. The zero-order valence-corrected chi connectivity index (χ0v) is 10.8. The van der Waals surface area contributed by atoms with E-state index >= 15 is 0 Å². The Kier molecular flexibility index (Phi) is 5.89. The van der Waals surface area contributed by atoms with Crippen LogP contribution < -0.4 is 4.72 Å². The lowest BCUT2D eigenvalue weighted by molar-refractivity contribution is 0.232. The van der Waals surface area contributed by atoms with Gasteiger partial charge >= 0.3 is 5.76 Å². The maximum atomic E-state index is 12.1. The number of sulfonamides is 1. The summed E-state index contributed by atoms with van der Waals surface area (Å²) in [6.45, 7) is -0.211. The Morgan fingerprint density at radius 1 is 1.26 bits per heavy atom. The monoisotopic (exact) mass is 289 g/mol. The van der Waals surface area contributed by atoms with Crippen LogP contribution in [0.25, 0.3) is 0 Å². The fraction of sp³-hybridized carbons (Fsp3) is 0.333. The number of alkyl halides is 2. The summed E-state index contributed by atoms with van der Waals surface area (Å²) in [5, 5.41) is 8.55. The second-order valence-electron chi connectivity index (χ2n) is 3.60. The van der Waals surface area contributed by atoms with Crippen LogP contribution in [0.4, 0.5) is 8.78 Å². The molecule has 0 unspecified atom stereocenters. The topological polar surface area (TPSA) is 66.4 Å². The molecule has 0 atom stereocenters. The summed E-state index contributed by atoms with van der Waals surface area (Å²) >= 11 is 0. The minimum absolute atomic E-state index is 0.0134. The van der Waals surface area contributed by atoms with Gasteiger partial charge in [-0.1, -0.05) is 24.0 Å². The molecule has 0 saturated carbocycles. The SMILES string of the molecule is O=S(=O)(NCc1ccc(C#CCCO)cc1)C(F)F. The molecule has 2 N–H and O–H groups in total. The molecule has 0 spiro atoms. The number of hydrogen-bond acceptors (Lipinski definition) is 3. The summed E-state index contributed by atoms with van der Waals surface area (Å²) in [6, 6.07) is 6.49. The summed E-state index contributed by atoms with van der Waals surface area (Å²) in [5.41, 5.74) is 1.26. The smallest absolute Gasteiger partial charge is 0.350 e. The molecule has 0 bridgehead atoms. The Morgan fingerprint density at radius 3 is 2.42 bits per heavy atom. The Hall–Kier alpha value is -1.49. The molecule has 0 aromatic heterocycles. The first kappa shape index (κ1) is 15.6. The Bertz CT molecular complexity index is 559. The molecule has 1 rings (SSSR count). The van der Waals surface area contributed by atoms with Gasteiger partial charge in [-0.3, -0.25) is 0 Å². The van der Waals surface area contributed by atoms with Crippen molar-refractivity contribution in [3.8, 4) is 11.8 Å². The van der Waals surface area contributed by atoms with Crippen molar-refractivity contribution in [3.05, 3.63) is 35.4 Å². The zero-order valence-electron chi connectivity index (χ0n) is 9.94. The van der Waals surface area contributed by atoms with Gasteiger partial charge in [0.2, 0.25) is 0 Å². The largest absolute Gasteiger partial charge is 0.395 e. The first-order chi connectivity index (χ1) is 8.95. The van der Waals surface area contributed by atoms with Crippen molar-refractivity contribution in [1.29, 1.82) is 0 Å². The molecule has 1 aromatic carbocycles. The van der Waals surface area contributed by atoms with Crippen LogP contribution in [0, 0.1) is 11.8 Å². The van der Waals surface area contributed by atoms with Gasteiger partial charge in [0.25, 0.3) is 10.0 Å². The van der Waals surface area contributed by atoms with Crippen LogP contribution in [0.2, 0.25) is 0 Å². The molecular formula is C12H13F2NO3S. The first-order valence-electron chi connectivity index (χ1n) is 5.41. The fourth-order valence-corrected chi connectivity index (χ4v) is 1.67. The number of benzene rings is 1. The number of halogens is 2. The number of aliphatic hydroxyl groups is 1. The van der Waals surface area contributed by atoms with Gasteiger partial charge in [-0.25, -0.2) is 13.1 Å². The standard InChI is InChI=1S/C12H13F2NO3S/c13-12(14)19(17,18)15-9-11-6-4-10(5-7-11)3-1-2-8-16/h4-7,12,15-16H,2,8-9H2. The first-order valence-corrected chi connectivity index (χ1v) is 6.95. The molecular weight excluding hydrogens is 276 g/mol. The van der Waals surface area contributed by atoms with Gasteiger partial charge in [-0.15, -0.1) is 0 Å². The Labute approximate surface area is 110 Å². The van der Waals surface area contributed by atoms with Crippen LogP contribution in [0.15, 0.2) is 24.3 Å². The third-order valence-electron chi connectivity index (χ3n) is 2.14. The van der Waals surface area contributed by atoms with Crippen molar-refractivity contribution in [2.45, 2.75) is 18.7 Å². The maximum Gasteiger partial charge on any atom is 0.350 e. The number of rotatable bonds is 5.